The van der Waals surface area contributed by atoms with Crippen LogP contribution in [0, 0.1) is 5.82 Å². The molecule has 1 aromatic carbocycles. The van der Waals surface area contributed by atoms with Crippen LogP contribution < -0.4 is 10.1 Å². The number of hydrogen-bond donors (Lipinski definition) is 1. The zero-order valence-corrected chi connectivity index (χ0v) is 12.1. The van der Waals surface area contributed by atoms with Crippen LogP contribution in [0.15, 0.2) is 18.2 Å². The van der Waals surface area contributed by atoms with Crippen molar-refractivity contribution in [1.82, 2.24) is 5.32 Å². The normalized spacial score (nSPS) is 12.4. The Kier molecular flexibility index (Phi) is 7.13. The second-order valence-electron chi connectivity index (χ2n) is 4.16. The maximum atomic E-state index is 13.8. The highest BCUT2D eigenvalue weighted by molar-refractivity contribution is 7.98. The number of hydrogen-bond acceptors (Lipinski definition) is 3. The molecule has 1 rings (SSSR count). The Morgan fingerprint density at radius 2 is 2.22 bits per heavy atom. The molecule has 0 heterocycles. The molecule has 0 aliphatic heterocycles. The molecule has 1 N–H and O–H groups in total. The molecule has 0 spiro atoms. The summed E-state index contributed by atoms with van der Waals surface area (Å²) >= 11 is 1.77. The summed E-state index contributed by atoms with van der Waals surface area (Å²) in [6.07, 6.45) is 2.99. The molecule has 2 nitrogen and oxygen atoms in total. The van der Waals surface area contributed by atoms with Gasteiger partial charge in [0.05, 0.1) is 6.61 Å². The maximum absolute atomic E-state index is 13.8. The van der Waals surface area contributed by atoms with E-state index < -0.39 is 0 Å². The Labute approximate surface area is 113 Å². The van der Waals surface area contributed by atoms with Crippen molar-refractivity contribution in [2.24, 2.45) is 0 Å². The van der Waals surface area contributed by atoms with E-state index in [9.17, 15) is 4.39 Å². The summed E-state index contributed by atoms with van der Waals surface area (Å²) in [5, 5.41) is 3.26. The standard InChI is InChI=1S/C14H22FNOS/c1-4-16-11(2)12-6-7-14(13(15)10-12)17-8-5-9-18-3/h6-7,10-11,16H,4-5,8-9H2,1-3H3. The SMILES string of the molecule is CCNC(C)c1ccc(OCCCSC)c(F)c1. The van der Waals surface area contributed by atoms with Gasteiger partial charge in [0.15, 0.2) is 11.6 Å². The van der Waals surface area contributed by atoms with Crippen LogP contribution in [0.4, 0.5) is 4.39 Å². The fourth-order valence-electron chi connectivity index (χ4n) is 1.71. The van der Waals surface area contributed by atoms with Crippen molar-refractivity contribution < 1.29 is 9.13 Å². The largest absolute Gasteiger partial charge is 0.490 e. The fraction of sp³-hybridized carbons (Fsp3) is 0.571. The first kappa shape index (κ1) is 15.3. The van der Waals surface area contributed by atoms with E-state index >= 15 is 0 Å². The van der Waals surface area contributed by atoms with Gasteiger partial charge in [0, 0.05) is 6.04 Å². The zero-order valence-electron chi connectivity index (χ0n) is 11.3. The van der Waals surface area contributed by atoms with E-state index in [0.717, 1.165) is 24.3 Å². The van der Waals surface area contributed by atoms with E-state index in [1.54, 1.807) is 23.9 Å². The molecule has 1 aromatic rings. The molecule has 0 bridgehead atoms. The monoisotopic (exact) mass is 271 g/mol. The van der Waals surface area contributed by atoms with Gasteiger partial charge in [0.2, 0.25) is 0 Å². The predicted molar refractivity (Wildman–Crippen MR) is 77.0 cm³/mol. The second kappa shape index (κ2) is 8.38. The molecule has 0 saturated heterocycles. The van der Waals surface area contributed by atoms with Crippen LogP contribution in [0.2, 0.25) is 0 Å². The minimum absolute atomic E-state index is 0.162. The van der Waals surface area contributed by atoms with Crippen LogP contribution in [-0.2, 0) is 0 Å². The van der Waals surface area contributed by atoms with Crippen LogP contribution in [-0.4, -0.2) is 25.2 Å². The lowest BCUT2D eigenvalue weighted by Gasteiger charge is -2.14. The van der Waals surface area contributed by atoms with E-state index in [-0.39, 0.29) is 11.9 Å². The number of nitrogens with one attached hydrogen (secondary N) is 1. The second-order valence-corrected chi connectivity index (χ2v) is 5.15. The molecule has 4 heteroatoms. The first-order valence-electron chi connectivity index (χ1n) is 6.33. The van der Waals surface area contributed by atoms with E-state index in [2.05, 4.69) is 11.6 Å². The molecule has 0 fully saturated rings. The topological polar surface area (TPSA) is 21.3 Å². The highest BCUT2D eigenvalue weighted by Crippen LogP contribution is 2.22. The van der Waals surface area contributed by atoms with E-state index in [1.807, 2.05) is 19.9 Å². The predicted octanol–water partition coefficient (Wildman–Crippen LogP) is 3.63. The number of benzene rings is 1. The van der Waals surface area contributed by atoms with Crippen molar-refractivity contribution in [3.63, 3.8) is 0 Å². The minimum atomic E-state index is -0.276. The lowest BCUT2D eigenvalue weighted by molar-refractivity contribution is 0.302. The minimum Gasteiger partial charge on any atom is -0.490 e. The quantitative estimate of drug-likeness (QED) is 0.730. The average Bonchev–Trinajstić information content (AvgIpc) is 2.36. The molecule has 102 valence electrons. The van der Waals surface area contributed by atoms with Crippen molar-refractivity contribution in [2.45, 2.75) is 26.3 Å². The summed E-state index contributed by atoms with van der Waals surface area (Å²) in [7, 11) is 0. The molecule has 0 aliphatic rings. The smallest absolute Gasteiger partial charge is 0.165 e. The average molecular weight is 271 g/mol. The third-order valence-electron chi connectivity index (χ3n) is 2.72. The van der Waals surface area contributed by atoms with Crippen molar-refractivity contribution in [3.05, 3.63) is 29.6 Å². The Hall–Kier alpha value is -0.740. The Morgan fingerprint density at radius 3 is 2.83 bits per heavy atom. The highest BCUT2D eigenvalue weighted by atomic mass is 32.2. The molecule has 1 atom stereocenters. The Morgan fingerprint density at radius 1 is 1.44 bits per heavy atom. The van der Waals surface area contributed by atoms with Gasteiger partial charge in [-0.05, 0) is 49.6 Å². The molecule has 1 unspecified atom stereocenters. The van der Waals surface area contributed by atoms with Gasteiger partial charge in [-0.25, -0.2) is 4.39 Å². The highest BCUT2D eigenvalue weighted by Gasteiger charge is 2.09. The van der Waals surface area contributed by atoms with Crippen LogP contribution in [0.5, 0.6) is 5.75 Å². The first-order valence-corrected chi connectivity index (χ1v) is 7.73. The Bertz CT molecular complexity index is 360. The van der Waals surface area contributed by atoms with E-state index in [0.29, 0.717) is 12.4 Å². The molecule has 0 radical (unpaired) electrons. The van der Waals surface area contributed by atoms with Gasteiger partial charge in [0.25, 0.3) is 0 Å². The summed E-state index contributed by atoms with van der Waals surface area (Å²) in [6.45, 7) is 5.50. The van der Waals surface area contributed by atoms with Crippen LogP contribution in [0.1, 0.15) is 31.9 Å². The maximum Gasteiger partial charge on any atom is 0.165 e. The molecular weight excluding hydrogens is 249 g/mol. The van der Waals surface area contributed by atoms with E-state index in [1.165, 1.54) is 0 Å². The van der Waals surface area contributed by atoms with Gasteiger partial charge < -0.3 is 10.1 Å². The molecule has 0 aromatic heterocycles. The lowest BCUT2D eigenvalue weighted by Crippen LogP contribution is -2.17. The van der Waals surface area contributed by atoms with Crippen molar-refractivity contribution in [2.75, 3.05) is 25.2 Å². The molecule has 0 saturated carbocycles. The van der Waals surface area contributed by atoms with Crippen molar-refractivity contribution >= 4 is 11.8 Å². The summed E-state index contributed by atoms with van der Waals surface area (Å²) in [6, 6.07) is 5.35. The number of ether oxygens (including phenoxy) is 1. The molecule has 0 aliphatic carbocycles. The lowest BCUT2D eigenvalue weighted by atomic mass is 10.1. The Balaban J connectivity index is 2.56. The number of halogens is 1. The van der Waals surface area contributed by atoms with Gasteiger partial charge in [-0.1, -0.05) is 13.0 Å². The molecular formula is C14H22FNOS. The van der Waals surface area contributed by atoms with Gasteiger partial charge in [0.1, 0.15) is 0 Å². The summed E-state index contributed by atoms with van der Waals surface area (Å²) in [5.74, 6) is 1.11. The fourth-order valence-corrected chi connectivity index (χ4v) is 2.12. The van der Waals surface area contributed by atoms with Gasteiger partial charge in [-0.2, -0.15) is 11.8 Å². The third kappa shape index (κ3) is 4.86. The van der Waals surface area contributed by atoms with Crippen LogP contribution >= 0.6 is 11.8 Å². The molecule has 0 amide bonds. The summed E-state index contributed by atoms with van der Waals surface area (Å²) in [5.41, 5.74) is 0.950. The van der Waals surface area contributed by atoms with Crippen LogP contribution in [0.3, 0.4) is 0 Å². The van der Waals surface area contributed by atoms with Crippen molar-refractivity contribution in [3.8, 4) is 5.75 Å². The molecule has 18 heavy (non-hydrogen) atoms. The van der Waals surface area contributed by atoms with Crippen molar-refractivity contribution in [1.29, 1.82) is 0 Å². The van der Waals surface area contributed by atoms with Gasteiger partial charge >= 0.3 is 0 Å². The zero-order chi connectivity index (χ0) is 13.4. The number of thioether (sulfide) groups is 1. The van der Waals surface area contributed by atoms with E-state index in [4.69, 9.17) is 4.74 Å². The van der Waals surface area contributed by atoms with Gasteiger partial charge in [-0.15, -0.1) is 0 Å². The van der Waals surface area contributed by atoms with Crippen LogP contribution in [0.25, 0.3) is 0 Å². The first-order chi connectivity index (χ1) is 8.69. The third-order valence-corrected chi connectivity index (χ3v) is 3.41. The summed E-state index contributed by atoms with van der Waals surface area (Å²) in [4.78, 5) is 0. The number of rotatable bonds is 8. The summed E-state index contributed by atoms with van der Waals surface area (Å²) < 4.78 is 19.2. The van der Waals surface area contributed by atoms with Gasteiger partial charge in [-0.3, -0.25) is 0 Å².